The molecule has 1 N–H and O–H groups in total. The number of rotatable bonds is 8. The number of imidazole rings is 1. The Morgan fingerprint density at radius 2 is 1.88 bits per heavy atom. The predicted molar refractivity (Wildman–Crippen MR) is 104 cm³/mol. The van der Waals surface area contributed by atoms with Crippen LogP contribution in [0.25, 0.3) is 11.0 Å². The topological polar surface area (TPSA) is 50.2 Å². The fraction of sp³-hybridized carbons (Fsp3) is 0.600. The van der Waals surface area contributed by atoms with Gasteiger partial charge in [-0.25, -0.2) is 4.98 Å². The first-order chi connectivity index (χ1) is 11.9. The number of carbonyl (C=O) groups excluding carboxylic acids is 1. The summed E-state index contributed by atoms with van der Waals surface area (Å²) in [6, 6.07) is 8.26. The second-order valence-corrected chi connectivity index (χ2v) is 7.45. The van der Waals surface area contributed by atoms with Gasteiger partial charge >= 0.3 is 0 Å². The molecule has 5 heteroatoms. The Morgan fingerprint density at radius 3 is 2.52 bits per heavy atom. The highest BCUT2D eigenvalue weighted by Gasteiger charge is 2.20. The van der Waals surface area contributed by atoms with Gasteiger partial charge in [-0.3, -0.25) is 4.79 Å². The van der Waals surface area contributed by atoms with Crippen LogP contribution in [0.3, 0.4) is 0 Å². The van der Waals surface area contributed by atoms with Gasteiger partial charge in [-0.05, 0) is 25.2 Å². The summed E-state index contributed by atoms with van der Waals surface area (Å²) >= 11 is 0. The van der Waals surface area contributed by atoms with Crippen LogP contribution in [0.5, 0.6) is 0 Å². The Bertz CT molecular complexity index is 695. The van der Waals surface area contributed by atoms with Crippen LogP contribution < -0.4 is 5.32 Å². The summed E-state index contributed by atoms with van der Waals surface area (Å²) in [5.74, 6) is 1.13. The second kappa shape index (κ2) is 8.48. The van der Waals surface area contributed by atoms with Crippen LogP contribution in [0, 0.1) is 5.41 Å². The molecule has 2 aromatic rings. The first-order valence-corrected chi connectivity index (χ1v) is 9.31. The van der Waals surface area contributed by atoms with Crippen molar-refractivity contribution in [2.24, 2.45) is 5.41 Å². The maximum absolute atomic E-state index is 12.1. The van der Waals surface area contributed by atoms with Crippen molar-refractivity contribution in [3.63, 3.8) is 0 Å². The van der Waals surface area contributed by atoms with Crippen LogP contribution in [0.1, 0.15) is 40.4 Å². The van der Waals surface area contributed by atoms with Crippen molar-refractivity contribution in [1.29, 1.82) is 0 Å². The third kappa shape index (κ3) is 5.05. The highest BCUT2D eigenvalue weighted by molar-refractivity contribution is 5.81. The summed E-state index contributed by atoms with van der Waals surface area (Å²) in [7, 11) is 0. The van der Waals surface area contributed by atoms with Crippen molar-refractivity contribution in [2.75, 3.05) is 26.2 Å². The molecule has 1 amide bonds. The molecule has 5 nitrogen and oxygen atoms in total. The summed E-state index contributed by atoms with van der Waals surface area (Å²) in [4.78, 5) is 19.3. The summed E-state index contributed by atoms with van der Waals surface area (Å²) in [5, 5.41) is 3.03. The lowest BCUT2D eigenvalue weighted by Gasteiger charge is -2.20. The molecule has 0 aliphatic rings. The average Bonchev–Trinajstić information content (AvgIpc) is 2.92. The van der Waals surface area contributed by atoms with Gasteiger partial charge in [-0.2, -0.15) is 0 Å². The predicted octanol–water partition coefficient (Wildman–Crippen LogP) is 3.08. The maximum Gasteiger partial charge on any atom is 0.225 e. The molecule has 25 heavy (non-hydrogen) atoms. The lowest BCUT2D eigenvalue weighted by Crippen LogP contribution is -2.36. The molecule has 0 atom stereocenters. The van der Waals surface area contributed by atoms with Gasteiger partial charge in [0.1, 0.15) is 5.82 Å². The van der Waals surface area contributed by atoms with Crippen LogP contribution in [0.2, 0.25) is 0 Å². The van der Waals surface area contributed by atoms with Gasteiger partial charge in [0.2, 0.25) is 5.91 Å². The zero-order valence-electron chi connectivity index (χ0n) is 16.3. The minimum Gasteiger partial charge on any atom is -0.355 e. The van der Waals surface area contributed by atoms with E-state index in [4.69, 9.17) is 4.98 Å². The van der Waals surface area contributed by atoms with E-state index in [-0.39, 0.29) is 11.3 Å². The van der Waals surface area contributed by atoms with Crippen LogP contribution >= 0.6 is 0 Å². The number of fused-ring (bicyclic) bond motifs is 1. The standard InChI is InChI=1S/C20H32N4O/c1-6-23(7-2)14-15-24-17-11-9-8-10-16(17)22-18(24)12-13-21-19(25)20(3,4)5/h8-11H,6-7,12-15H2,1-5H3,(H,21,25). The molecular weight excluding hydrogens is 312 g/mol. The van der Waals surface area contributed by atoms with E-state index in [1.807, 2.05) is 26.8 Å². The number of likely N-dealkylation sites (N-methyl/N-ethyl adjacent to an activating group) is 1. The molecule has 0 unspecified atom stereocenters. The SMILES string of the molecule is CCN(CC)CCn1c(CCNC(=O)C(C)(C)C)nc2ccccc21. The number of hydrogen-bond acceptors (Lipinski definition) is 3. The van der Waals surface area contributed by atoms with E-state index in [1.165, 1.54) is 5.52 Å². The van der Waals surface area contributed by atoms with Crippen molar-refractivity contribution in [1.82, 2.24) is 19.8 Å². The molecule has 0 spiro atoms. The van der Waals surface area contributed by atoms with Gasteiger partial charge in [0.05, 0.1) is 11.0 Å². The molecule has 2 rings (SSSR count). The van der Waals surface area contributed by atoms with E-state index in [2.05, 4.69) is 46.8 Å². The molecule has 1 aromatic heterocycles. The normalized spacial score (nSPS) is 12.1. The van der Waals surface area contributed by atoms with Gasteiger partial charge in [0, 0.05) is 31.5 Å². The molecule has 1 aromatic carbocycles. The fourth-order valence-corrected chi connectivity index (χ4v) is 2.90. The van der Waals surface area contributed by atoms with E-state index in [9.17, 15) is 4.79 Å². The van der Waals surface area contributed by atoms with E-state index in [0.29, 0.717) is 6.54 Å². The van der Waals surface area contributed by atoms with Crippen molar-refractivity contribution in [3.05, 3.63) is 30.1 Å². The smallest absolute Gasteiger partial charge is 0.225 e. The van der Waals surface area contributed by atoms with Crippen molar-refractivity contribution in [2.45, 2.75) is 47.6 Å². The molecule has 0 aliphatic heterocycles. The number of amides is 1. The number of nitrogens with zero attached hydrogens (tertiary/aromatic N) is 3. The van der Waals surface area contributed by atoms with Crippen LogP contribution in [0.4, 0.5) is 0 Å². The molecule has 0 saturated carbocycles. The Morgan fingerprint density at radius 1 is 1.20 bits per heavy atom. The van der Waals surface area contributed by atoms with Gasteiger partial charge in [-0.1, -0.05) is 46.8 Å². The zero-order chi connectivity index (χ0) is 18.4. The molecule has 0 radical (unpaired) electrons. The molecule has 138 valence electrons. The number of hydrogen-bond donors (Lipinski definition) is 1. The Kier molecular flexibility index (Phi) is 6.59. The maximum atomic E-state index is 12.1. The largest absolute Gasteiger partial charge is 0.355 e. The highest BCUT2D eigenvalue weighted by atomic mass is 16.2. The molecule has 0 saturated heterocycles. The van der Waals surface area contributed by atoms with Crippen molar-refractivity contribution >= 4 is 16.9 Å². The Labute approximate surface area is 151 Å². The third-order valence-corrected chi connectivity index (χ3v) is 4.58. The quantitative estimate of drug-likeness (QED) is 0.801. The Balaban J connectivity index is 2.12. The number of aromatic nitrogens is 2. The van der Waals surface area contributed by atoms with Gasteiger partial charge in [-0.15, -0.1) is 0 Å². The molecule has 0 bridgehead atoms. The van der Waals surface area contributed by atoms with E-state index < -0.39 is 0 Å². The minimum absolute atomic E-state index is 0.0818. The van der Waals surface area contributed by atoms with E-state index in [0.717, 1.165) is 43.9 Å². The first kappa shape index (κ1) is 19.4. The number of carbonyl (C=O) groups is 1. The summed E-state index contributed by atoms with van der Waals surface area (Å²) in [5.41, 5.74) is 1.84. The summed E-state index contributed by atoms with van der Waals surface area (Å²) in [6.45, 7) is 14.8. The van der Waals surface area contributed by atoms with E-state index >= 15 is 0 Å². The first-order valence-electron chi connectivity index (χ1n) is 9.31. The summed E-state index contributed by atoms with van der Waals surface area (Å²) < 4.78 is 2.30. The molecule has 0 aliphatic carbocycles. The number of nitrogens with one attached hydrogen (secondary N) is 1. The van der Waals surface area contributed by atoms with Crippen molar-refractivity contribution in [3.8, 4) is 0 Å². The lowest BCUT2D eigenvalue weighted by atomic mass is 9.96. The lowest BCUT2D eigenvalue weighted by molar-refractivity contribution is -0.128. The molecule has 0 fully saturated rings. The van der Waals surface area contributed by atoms with Crippen LogP contribution in [0.15, 0.2) is 24.3 Å². The van der Waals surface area contributed by atoms with Crippen LogP contribution in [-0.4, -0.2) is 46.5 Å². The number of para-hydroxylation sites is 2. The molecule has 1 heterocycles. The third-order valence-electron chi connectivity index (χ3n) is 4.58. The monoisotopic (exact) mass is 344 g/mol. The Hall–Kier alpha value is -1.88. The van der Waals surface area contributed by atoms with Crippen LogP contribution in [-0.2, 0) is 17.8 Å². The summed E-state index contributed by atoms with van der Waals surface area (Å²) in [6.07, 6.45) is 0.745. The van der Waals surface area contributed by atoms with Gasteiger partial charge < -0.3 is 14.8 Å². The fourth-order valence-electron chi connectivity index (χ4n) is 2.90. The minimum atomic E-state index is -0.358. The molecular formula is C20H32N4O. The second-order valence-electron chi connectivity index (χ2n) is 7.45. The highest BCUT2D eigenvalue weighted by Crippen LogP contribution is 2.17. The number of benzene rings is 1. The zero-order valence-corrected chi connectivity index (χ0v) is 16.3. The van der Waals surface area contributed by atoms with Gasteiger partial charge in [0.25, 0.3) is 0 Å². The van der Waals surface area contributed by atoms with Gasteiger partial charge in [0.15, 0.2) is 0 Å². The van der Waals surface area contributed by atoms with E-state index in [1.54, 1.807) is 0 Å². The van der Waals surface area contributed by atoms with Crippen molar-refractivity contribution < 1.29 is 4.79 Å². The average molecular weight is 345 g/mol.